The van der Waals surface area contributed by atoms with Gasteiger partial charge in [-0.05, 0) is 19.1 Å². The van der Waals surface area contributed by atoms with Crippen LogP contribution in [0.1, 0.15) is 24.2 Å². The summed E-state index contributed by atoms with van der Waals surface area (Å²) in [7, 11) is 0. The van der Waals surface area contributed by atoms with Crippen LogP contribution in [-0.2, 0) is 19.1 Å². The number of benzene rings is 1. The van der Waals surface area contributed by atoms with Gasteiger partial charge in [0.05, 0.1) is 28.6 Å². The Kier molecular flexibility index (Phi) is 6.32. The number of hydrogen-bond donors (Lipinski definition) is 2. The Hall–Kier alpha value is -3.76. The summed E-state index contributed by atoms with van der Waals surface area (Å²) in [6.07, 6.45) is -1.05. The van der Waals surface area contributed by atoms with Crippen LogP contribution >= 0.6 is 0 Å². The molecule has 0 unspecified atom stereocenters. The molecule has 29 heavy (non-hydrogen) atoms. The zero-order valence-corrected chi connectivity index (χ0v) is 15.3. The van der Waals surface area contributed by atoms with Gasteiger partial charge in [-0.15, -0.1) is 0 Å². The molecule has 4 atom stereocenters. The molecule has 1 aromatic carbocycles. The number of β-lactam (4-membered cyclic amide) rings is 1. The van der Waals surface area contributed by atoms with E-state index in [2.05, 4.69) is 14.8 Å². The number of nitro groups is 1. The lowest BCUT2D eigenvalue weighted by atomic mass is 9.76. The van der Waals surface area contributed by atoms with Crippen LogP contribution in [0.5, 0.6) is 0 Å². The molecule has 152 valence electrons. The summed E-state index contributed by atoms with van der Waals surface area (Å²) in [5.41, 5.74) is 7.47. The lowest BCUT2D eigenvalue weighted by molar-refractivity contribution is -0.384. The Bertz CT molecular complexity index is 933. The van der Waals surface area contributed by atoms with Gasteiger partial charge < -0.3 is 20.7 Å². The van der Waals surface area contributed by atoms with E-state index in [1.807, 2.05) is 0 Å². The molecule has 1 aromatic rings. The minimum Gasteiger partial charge on any atom is -0.393 e. The molecule has 1 saturated heterocycles. The molecular weight excluding hydrogens is 388 g/mol. The van der Waals surface area contributed by atoms with E-state index in [0.29, 0.717) is 0 Å². The zero-order valence-electron chi connectivity index (χ0n) is 15.3. The third kappa shape index (κ3) is 4.39. The molecule has 0 spiro atoms. The SMILES string of the molecule is C[C@@H](O)[C@H]1C(=O)N[C@@H]1[C@@H](C)C(=O)C(=[N+]=[N-])C(=O)OC(=O)c1ccc([N+](=O)[O-])cc1. The second kappa shape index (κ2) is 8.50. The van der Waals surface area contributed by atoms with Crippen LogP contribution in [0.3, 0.4) is 0 Å². The molecule has 0 aromatic heterocycles. The highest BCUT2D eigenvalue weighted by molar-refractivity contribution is 6.63. The Morgan fingerprint density at radius 3 is 2.31 bits per heavy atom. The van der Waals surface area contributed by atoms with E-state index >= 15 is 0 Å². The van der Waals surface area contributed by atoms with Crippen LogP contribution in [0, 0.1) is 22.0 Å². The fraction of sp³-hybridized carbons (Fsp3) is 0.353. The first kappa shape index (κ1) is 21.5. The lowest BCUT2D eigenvalue weighted by Gasteiger charge is -2.40. The molecule has 1 amide bonds. The number of ketones is 1. The lowest BCUT2D eigenvalue weighted by Crippen LogP contribution is -2.66. The normalized spacial score (nSPS) is 19.6. The first-order valence-corrected chi connectivity index (χ1v) is 8.34. The molecule has 2 N–H and O–H groups in total. The van der Waals surface area contributed by atoms with Gasteiger partial charge in [0.25, 0.3) is 11.5 Å². The number of carbonyl (C=O) groups excluding carboxylic acids is 4. The maximum absolute atomic E-state index is 12.5. The molecular formula is C17H16N4O8. The molecule has 12 nitrogen and oxygen atoms in total. The third-order valence-electron chi connectivity index (χ3n) is 4.50. The topological polar surface area (TPSA) is 189 Å². The van der Waals surface area contributed by atoms with Crippen molar-refractivity contribution in [3.8, 4) is 0 Å². The fourth-order valence-corrected chi connectivity index (χ4v) is 2.85. The minimum absolute atomic E-state index is 0.206. The predicted octanol–water partition coefficient (Wildman–Crippen LogP) is -0.350. The Morgan fingerprint density at radius 1 is 1.28 bits per heavy atom. The Labute approximate surface area is 163 Å². The highest BCUT2D eigenvalue weighted by atomic mass is 16.6. The molecule has 1 fully saturated rings. The van der Waals surface area contributed by atoms with Gasteiger partial charge in [-0.3, -0.25) is 19.7 Å². The van der Waals surface area contributed by atoms with Crippen molar-refractivity contribution in [1.29, 1.82) is 0 Å². The van der Waals surface area contributed by atoms with Crippen molar-refractivity contribution < 1.29 is 38.7 Å². The van der Waals surface area contributed by atoms with Crippen LogP contribution < -0.4 is 5.32 Å². The number of Topliss-reactive ketones (excluding diaryl/α,β-unsaturated/α-hetero) is 1. The van der Waals surface area contributed by atoms with E-state index in [9.17, 15) is 34.4 Å². The quantitative estimate of drug-likeness (QED) is 0.0900. The number of carbonyl (C=O) groups is 4. The molecule has 2 rings (SSSR count). The van der Waals surface area contributed by atoms with Gasteiger partial charge in [-0.25, -0.2) is 9.59 Å². The maximum Gasteiger partial charge on any atom is 0.442 e. The van der Waals surface area contributed by atoms with Gasteiger partial charge in [0, 0.05) is 18.1 Å². The smallest absolute Gasteiger partial charge is 0.393 e. The van der Waals surface area contributed by atoms with Crippen LogP contribution in [-0.4, -0.2) is 56.3 Å². The zero-order chi connectivity index (χ0) is 21.9. The van der Waals surface area contributed by atoms with Crippen molar-refractivity contribution in [1.82, 2.24) is 5.32 Å². The van der Waals surface area contributed by atoms with Crippen molar-refractivity contribution in [3.05, 3.63) is 45.5 Å². The summed E-state index contributed by atoms with van der Waals surface area (Å²) in [5.74, 6) is -6.17. The number of amides is 1. The number of hydrogen-bond acceptors (Lipinski definition) is 8. The van der Waals surface area contributed by atoms with Crippen molar-refractivity contribution in [2.45, 2.75) is 26.0 Å². The van der Waals surface area contributed by atoms with Crippen molar-refractivity contribution in [3.63, 3.8) is 0 Å². The van der Waals surface area contributed by atoms with E-state index in [0.717, 1.165) is 24.3 Å². The number of aliphatic hydroxyl groups excluding tert-OH is 1. The molecule has 12 heteroatoms. The van der Waals surface area contributed by atoms with Crippen LogP contribution in [0.4, 0.5) is 5.69 Å². The number of nitrogens with one attached hydrogen (secondary N) is 1. The van der Waals surface area contributed by atoms with Crippen LogP contribution in [0.25, 0.3) is 5.53 Å². The predicted molar refractivity (Wildman–Crippen MR) is 93.4 cm³/mol. The number of esters is 2. The summed E-state index contributed by atoms with van der Waals surface area (Å²) in [6.45, 7) is 2.71. The van der Waals surface area contributed by atoms with E-state index in [4.69, 9.17) is 5.53 Å². The van der Waals surface area contributed by atoms with Gasteiger partial charge in [-0.2, -0.15) is 4.79 Å². The van der Waals surface area contributed by atoms with E-state index < -0.39 is 58.2 Å². The standard InChI is InChI=1S/C17H16N4O8/c1-7(12-11(8(2)22)15(24)19-12)14(23)13(20-18)17(26)29-16(25)9-3-5-10(6-4-9)21(27)28/h3-8,11-12,22H,1-2H3,(H,19,24)/t7-,8-,11-,12-/m1/s1. The number of nitro benzene ring substituents is 1. The highest BCUT2D eigenvalue weighted by Crippen LogP contribution is 2.26. The number of non-ortho nitro benzene ring substituents is 1. The monoisotopic (exact) mass is 404 g/mol. The first-order chi connectivity index (χ1) is 13.6. The Morgan fingerprint density at radius 2 is 1.86 bits per heavy atom. The van der Waals surface area contributed by atoms with E-state index in [1.54, 1.807) is 0 Å². The van der Waals surface area contributed by atoms with Gasteiger partial charge in [0.15, 0.2) is 0 Å². The number of aliphatic hydroxyl groups is 1. The van der Waals surface area contributed by atoms with Gasteiger partial charge >= 0.3 is 17.7 Å². The third-order valence-corrected chi connectivity index (χ3v) is 4.50. The van der Waals surface area contributed by atoms with E-state index in [-0.39, 0.29) is 11.3 Å². The number of nitrogens with zero attached hydrogens (tertiary/aromatic N) is 3. The fourth-order valence-electron chi connectivity index (χ4n) is 2.85. The first-order valence-electron chi connectivity index (χ1n) is 8.34. The number of rotatable bonds is 7. The summed E-state index contributed by atoms with van der Waals surface area (Å²) in [6, 6.07) is 3.33. The summed E-state index contributed by atoms with van der Waals surface area (Å²) in [4.78, 5) is 60.6. The summed E-state index contributed by atoms with van der Waals surface area (Å²) in [5, 5.41) is 22.6. The van der Waals surface area contributed by atoms with Crippen LogP contribution in [0.2, 0.25) is 0 Å². The Balaban J connectivity index is 2.09. The van der Waals surface area contributed by atoms with Crippen molar-refractivity contribution in [2.75, 3.05) is 0 Å². The molecule has 1 aliphatic heterocycles. The highest BCUT2D eigenvalue weighted by Gasteiger charge is 2.50. The van der Waals surface area contributed by atoms with Gasteiger partial charge in [-0.1, -0.05) is 6.92 Å². The second-order valence-corrected chi connectivity index (χ2v) is 6.38. The molecule has 0 bridgehead atoms. The average molecular weight is 404 g/mol. The van der Waals surface area contributed by atoms with E-state index in [1.165, 1.54) is 13.8 Å². The molecule has 0 aliphatic carbocycles. The van der Waals surface area contributed by atoms with Crippen LogP contribution in [0.15, 0.2) is 24.3 Å². The van der Waals surface area contributed by atoms with Gasteiger partial charge in [0.1, 0.15) is 0 Å². The molecule has 0 saturated carbocycles. The summed E-state index contributed by atoms with van der Waals surface area (Å²) < 4.78 is 4.49. The molecule has 1 heterocycles. The summed E-state index contributed by atoms with van der Waals surface area (Å²) >= 11 is 0. The second-order valence-electron chi connectivity index (χ2n) is 6.38. The number of ether oxygens (including phenoxy) is 1. The molecule has 0 radical (unpaired) electrons. The largest absolute Gasteiger partial charge is 0.442 e. The average Bonchev–Trinajstić information content (AvgIpc) is 2.65. The minimum atomic E-state index is -1.54. The van der Waals surface area contributed by atoms with Gasteiger partial charge in [0.2, 0.25) is 5.91 Å². The van der Waals surface area contributed by atoms with Crippen molar-refractivity contribution in [2.24, 2.45) is 11.8 Å². The maximum atomic E-state index is 12.5. The van der Waals surface area contributed by atoms with Crippen molar-refractivity contribution >= 4 is 35.0 Å². The molecule has 1 aliphatic rings.